The van der Waals surface area contributed by atoms with Gasteiger partial charge >= 0.3 is 5.97 Å². The molecule has 1 aromatic rings. The molecule has 2 saturated heterocycles. The average Bonchev–Trinajstić information content (AvgIpc) is 3.55. The van der Waals surface area contributed by atoms with Gasteiger partial charge in [0.2, 0.25) is 17.7 Å². The van der Waals surface area contributed by atoms with E-state index >= 15 is 0 Å². The summed E-state index contributed by atoms with van der Waals surface area (Å²) in [7, 11) is 0. The molecule has 0 radical (unpaired) electrons. The van der Waals surface area contributed by atoms with Crippen molar-refractivity contribution in [1.82, 2.24) is 20.9 Å². The lowest BCUT2D eigenvalue weighted by Crippen LogP contribution is -2.59. The van der Waals surface area contributed by atoms with E-state index in [9.17, 15) is 29.4 Å². The molecule has 1 aromatic carbocycles. The van der Waals surface area contributed by atoms with Crippen LogP contribution in [0, 0.1) is 5.92 Å². The van der Waals surface area contributed by atoms with Gasteiger partial charge in [-0.05, 0) is 55.8 Å². The van der Waals surface area contributed by atoms with Crippen LogP contribution in [0.4, 0.5) is 0 Å². The number of phenols is 1. The van der Waals surface area contributed by atoms with Crippen molar-refractivity contribution in [3.63, 3.8) is 0 Å². The van der Waals surface area contributed by atoms with Crippen LogP contribution in [0.15, 0.2) is 24.3 Å². The number of benzene rings is 1. The predicted octanol–water partition coefficient (Wildman–Crippen LogP) is 0.778. The van der Waals surface area contributed by atoms with E-state index in [1.54, 1.807) is 12.1 Å². The number of rotatable bonds is 10. The maximum Gasteiger partial charge on any atom is 0.326 e. The van der Waals surface area contributed by atoms with E-state index in [1.165, 1.54) is 17.0 Å². The second kappa shape index (κ2) is 12.0. The van der Waals surface area contributed by atoms with Crippen LogP contribution in [-0.2, 0) is 25.6 Å². The summed E-state index contributed by atoms with van der Waals surface area (Å²) >= 11 is 0. The number of aromatic hydroxyl groups is 1. The first-order valence-electron chi connectivity index (χ1n) is 12.4. The molecule has 0 aromatic heterocycles. The van der Waals surface area contributed by atoms with E-state index in [4.69, 9.17) is 0 Å². The zero-order chi connectivity index (χ0) is 25.5. The minimum atomic E-state index is -1.05. The average molecular weight is 489 g/mol. The Morgan fingerprint density at radius 3 is 2.43 bits per heavy atom. The van der Waals surface area contributed by atoms with Gasteiger partial charge in [0.15, 0.2) is 0 Å². The molecule has 2 aliphatic heterocycles. The van der Waals surface area contributed by atoms with Crippen molar-refractivity contribution in [2.75, 3.05) is 13.1 Å². The van der Waals surface area contributed by atoms with Crippen molar-refractivity contribution in [3.05, 3.63) is 29.8 Å². The molecule has 5 unspecified atom stereocenters. The second-order valence-corrected chi connectivity index (χ2v) is 9.48. The standard InChI is InChI=1S/C25H36N4O6/c1-3-15(2)21(24(33)29-13-5-7-20(29)25(34)35)28-23(32)19(14-16-8-10-17(30)11-9-16)27-22(31)18-6-4-12-26-18/h8-11,15,18-21,26,30H,3-7,12-14H2,1-2H3,(H,27,31)(H,28,32)(H,34,35). The Morgan fingerprint density at radius 2 is 1.83 bits per heavy atom. The van der Waals surface area contributed by atoms with Crippen LogP contribution in [0.1, 0.15) is 51.5 Å². The van der Waals surface area contributed by atoms with Gasteiger partial charge in [-0.2, -0.15) is 0 Å². The van der Waals surface area contributed by atoms with Crippen molar-refractivity contribution >= 4 is 23.7 Å². The summed E-state index contributed by atoms with van der Waals surface area (Å²) in [4.78, 5) is 52.6. The molecule has 5 atom stereocenters. The number of hydrogen-bond acceptors (Lipinski definition) is 6. The normalized spacial score (nSPS) is 22.3. The number of amides is 3. The van der Waals surface area contributed by atoms with Crippen LogP contribution in [0.3, 0.4) is 0 Å². The number of phenolic OH excluding ortho intramolecular Hbond substituents is 1. The largest absolute Gasteiger partial charge is 0.508 e. The van der Waals surface area contributed by atoms with E-state index < -0.39 is 35.9 Å². The highest BCUT2D eigenvalue weighted by Gasteiger charge is 2.40. The first kappa shape index (κ1) is 26.5. The molecule has 3 amide bonds. The summed E-state index contributed by atoms with van der Waals surface area (Å²) in [6.45, 7) is 4.81. The fraction of sp³-hybridized carbons (Fsp3) is 0.600. The van der Waals surface area contributed by atoms with E-state index in [2.05, 4.69) is 16.0 Å². The summed E-state index contributed by atoms with van der Waals surface area (Å²) in [6.07, 6.45) is 3.31. The van der Waals surface area contributed by atoms with E-state index in [0.717, 1.165) is 18.5 Å². The van der Waals surface area contributed by atoms with Crippen LogP contribution in [0.25, 0.3) is 0 Å². The topological polar surface area (TPSA) is 148 Å². The minimum absolute atomic E-state index is 0.0926. The molecule has 5 N–H and O–H groups in total. The van der Waals surface area contributed by atoms with E-state index in [0.29, 0.717) is 32.2 Å². The SMILES string of the molecule is CCC(C)C(NC(=O)C(Cc1ccc(O)cc1)NC(=O)C1CCCN1)C(=O)N1CCCC1C(=O)O. The molecule has 192 valence electrons. The predicted molar refractivity (Wildman–Crippen MR) is 129 cm³/mol. The summed E-state index contributed by atoms with van der Waals surface area (Å²) in [5.74, 6) is -2.39. The maximum absolute atomic E-state index is 13.4. The molecule has 35 heavy (non-hydrogen) atoms. The molecule has 0 spiro atoms. The molecule has 0 aliphatic carbocycles. The highest BCUT2D eigenvalue weighted by Crippen LogP contribution is 2.22. The van der Waals surface area contributed by atoms with Gasteiger partial charge in [-0.25, -0.2) is 4.79 Å². The van der Waals surface area contributed by atoms with Gasteiger partial charge in [-0.15, -0.1) is 0 Å². The fourth-order valence-corrected chi connectivity index (χ4v) is 4.66. The van der Waals surface area contributed by atoms with Gasteiger partial charge in [-0.3, -0.25) is 14.4 Å². The number of nitrogens with one attached hydrogen (secondary N) is 3. The van der Waals surface area contributed by atoms with Crippen LogP contribution in [-0.4, -0.2) is 76.1 Å². The van der Waals surface area contributed by atoms with Crippen molar-refractivity contribution < 1.29 is 29.4 Å². The number of nitrogens with zero attached hydrogens (tertiary/aromatic N) is 1. The van der Waals surface area contributed by atoms with Gasteiger partial charge in [0, 0.05) is 13.0 Å². The third-order valence-electron chi connectivity index (χ3n) is 6.98. The molecular weight excluding hydrogens is 452 g/mol. The van der Waals surface area contributed by atoms with Gasteiger partial charge in [0.1, 0.15) is 23.9 Å². The lowest BCUT2D eigenvalue weighted by molar-refractivity contribution is -0.150. The third kappa shape index (κ3) is 6.72. The Morgan fingerprint density at radius 1 is 1.11 bits per heavy atom. The lowest BCUT2D eigenvalue weighted by Gasteiger charge is -2.31. The number of carbonyl (C=O) groups is 4. The monoisotopic (exact) mass is 488 g/mol. The van der Waals surface area contributed by atoms with Gasteiger partial charge < -0.3 is 31.1 Å². The first-order valence-corrected chi connectivity index (χ1v) is 12.4. The highest BCUT2D eigenvalue weighted by atomic mass is 16.4. The van der Waals surface area contributed by atoms with Crippen LogP contribution in [0.2, 0.25) is 0 Å². The molecule has 10 nitrogen and oxygen atoms in total. The summed E-state index contributed by atoms with van der Waals surface area (Å²) in [6, 6.07) is 3.25. The molecule has 0 saturated carbocycles. The molecule has 10 heteroatoms. The summed E-state index contributed by atoms with van der Waals surface area (Å²) < 4.78 is 0. The molecule has 2 heterocycles. The van der Waals surface area contributed by atoms with Crippen molar-refractivity contribution in [3.8, 4) is 5.75 Å². The first-order chi connectivity index (χ1) is 16.7. The summed E-state index contributed by atoms with van der Waals surface area (Å²) in [5.41, 5.74) is 0.736. The number of likely N-dealkylation sites (tertiary alicyclic amines) is 1. The Labute approximate surface area is 205 Å². The van der Waals surface area contributed by atoms with Crippen LogP contribution in [0.5, 0.6) is 5.75 Å². The molecule has 2 aliphatic rings. The Bertz CT molecular complexity index is 915. The number of carbonyl (C=O) groups excluding carboxylic acids is 3. The van der Waals surface area contributed by atoms with Gasteiger partial charge in [-0.1, -0.05) is 32.4 Å². The second-order valence-electron chi connectivity index (χ2n) is 9.48. The number of aliphatic carboxylic acids is 1. The Balaban J connectivity index is 1.79. The van der Waals surface area contributed by atoms with Crippen molar-refractivity contribution in [1.29, 1.82) is 0 Å². The number of carboxylic acids is 1. The zero-order valence-corrected chi connectivity index (χ0v) is 20.3. The Kier molecular flexibility index (Phi) is 9.08. The van der Waals surface area contributed by atoms with Crippen molar-refractivity contribution in [2.45, 2.75) is 76.5 Å². The fourth-order valence-electron chi connectivity index (χ4n) is 4.66. The molecule has 0 bridgehead atoms. The van der Waals surface area contributed by atoms with Crippen LogP contribution < -0.4 is 16.0 Å². The number of carboxylic acid groups (broad SMARTS) is 1. The van der Waals surface area contributed by atoms with Crippen LogP contribution >= 0.6 is 0 Å². The lowest BCUT2D eigenvalue weighted by atomic mass is 9.96. The van der Waals surface area contributed by atoms with Gasteiger partial charge in [0.25, 0.3) is 0 Å². The maximum atomic E-state index is 13.4. The quantitative estimate of drug-likeness (QED) is 0.327. The third-order valence-corrected chi connectivity index (χ3v) is 6.98. The molecule has 2 fully saturated rings. The summed E-state index contributed by atoms with van der Waals surface area (Å²) in [5, 5.41) is 27.9. The number of hydrogen-bond donors (Lipinski definition) is 5. The zero-order valence-electron chi connectivity index (χ0n) is 20.3. The van der Waals surface area contributed by atoms with Gasteiger partial charge in [0.05, 0.1) is 6.04 Å². The highest BCUT2D eigenvalue weighted by molar-refractivity contribution is 5.94. The molecular formula is C25H36N4O6. The minimum Gasteiger partial charge on any atom is -0.508 e. The van der Waals surface area contributed by atoms with E-state index in [-0.39, 0.29) is 30.0 Å². The smallest absolute Gasteiger partial charge is 0.326 e. The molecule has 3 rings (SSSR count). The van der Waals surface area contributed by atoms with E-state index in [1.807, 2.05) is 13.8 Å². The van der Waals surface area contributed by atoms with Crippen molar-refractivity contribution in [2.24, 2.45) is 5.92 Å². The Hall–Kier alpha value is -3.14.